The van der Waals surface area contributed by atoms with Crippen molar-refractivity contribution < 1.29 is 14.3 Å². The zero-order chi connectivity index (χ0) is 9.56. The van der Waals surface area contributed by atoms with Crippen LogP contribution in [-0.2, 0) is 14.3 Å². The van der Waals surface area contributed by atoms with Crippen LogP contribution in [0.25, 0.3) is 0 Å². The standard InChI is InChI=1S/C8H9BrO3/c1-6(3-4-7(9)10)5-8(11)12-2/h3-4H,1,5H2,2H3/b4-3-. The van der Waals surface area contributed by atoms with E-state index < -0.39 is 0 Å². The van der Waals surface area contributed by atoms with Crippen molar-refractivity contribution >= 4 is 26.6 Å². The van der Waals surface area contributed by atoms with Crippen LogP contribution in [0.2, 0.25) is 0 Å². The molecule has 0 amide bonds. The molecule has 0 N–H and O–H groups in total. The summed E-state index contributed by atoms with van der Waals surface area (Å²) in [4.78, 5) is 21.0. The molecule has 0 atom stereocenters. The van der Waals surface area contributed by atoms with E-state index in [9.17, 15) is 9.59 Å². The molecule has 0 saturated heterocycles. The summed E-state index contributed by atoms with van der Waals surface area (Å²) in [7, 11) is 1.30. The molecular formula is C8H9BrO3. The number of halogens is 1. The largest absolute Gasteiger partial charge is 0.469 e. The molecule has 0 saturated carbocycles. The minimum absolute atomic E-state index is 0.104. The molecule has 0 unspecified atom stereocenters. The first kappa shape index (κ1) is 11.1. The molecule has 0 radical (unpaired) electrons. The van der Waals surface area contributed by atoms with Crippen LogP contribution in [0, 0.1) is 0 Å². The second-order valence-electron chi connectivity index (χ2n) is 2.05. The molecule has 0 aromatic carbocycles. The zero-order valence-corrected chi connectivity index (χ0v) is 8.26. The Morgan fingerprint density at radius 3 is 2.50 bits per heavy atom. The van der Waals surface area contributed by atoms with Crippen molar-refractivity contribution in [3.63, 3.8) is 0 Å². The van der Waals surface area contributed by atoms with Crippen LogP contribution < -0.4 is 0 Å². The molecule has 4 heteroatoms. The zero-order valence-electron chi connectivity index (χ0n) is 6.67. The first-order chi connectivity index (χ1) is 5.56. The molecule has 0 aliphatic heterocycles. The van der Waals surface area contributed by atoms with Crippen molar-refractivity contribution in [3.05, 3.63) is 24.3 Å². The van der Waals surface area contributed by atoms with Gasteiger partial charge in [0.05, 0.1) is 13.5 Å². The van der Waals surface area contributed by atoms with Gasteiger partial charge < -0.3 is 4.74 Å². The molecule has 0 aliphatic carbocycles. The van der Waals surface area contributed by atoms with E-state index >= 15 is 0 Å². The second-order valence-corrected chi connectivity index (χ2v) is 2.83. The Kier molecular flexibility index (Phi) is 5.28. The van der Waals surface area contributed by atoms with Crippen LogP contribution in [0.5, 0.6) is 0 Å². The van der Waals surface area contributed by atoms with Gasteiger partial charge in [-0.2, -0.15) is 0 Å². The van der Waals surface area contributed by atoms with E-state index in [0.29, 0.717) is 5.57 Å². The summed E-state index contributed by atoms with van der Waals surface area (Å²) in [5.41, 5.74) is 0.537. The van der Waals surface area contributed by atoms with Gasteiger partial charge in [0.25, 0.3) is 0 Å². The van der Waals surface area contributed by atoms with E-state index in [1.54, 1.807) is 0 Å². The maximum atomic E-state index is 10.7. The van der Waals surface area contributed by atoms with Crippen molar-refractivity contribution in [1.82, 2.24) is 0 Å². The van der Waals surface area contributed by atoms with E-state index in [2.05, 4.69) is 27.2 Å². The number of allylic oxidation sites excluding steroid dienone is 2. The first-order valence-corrected chi connectivity index (χ1v) is 3.97. The lowest BCUT2D eigenvalue weighted by Crippen LogP contribution is -1.99. The number of esters is 1. The monoisotopic (exact) mass is 232 g/mol. The minimum Gasteiger partial charge on any atom is -0.469 e. The van der Waals surface area contributed by atoms with Crippen molar-refractivity contribution in [2.24, 2.45) is 0 Å². The number of carbonyl (C=O) groups excluding carboxylic acids is 2. The van der Waals surface area contributed by atoms with Crippen molar-refractivity contribution in [1.29, 1.82) is 0 Å². The van der Waals surface area contributed by atoms with E-state index in [4.69, 9.17) is 0 Å². The van der Waals surface area contributed by atoms with Gasteiger partial charge in [-0.3, -0.25) is 9.59 Å². The minimum atomic E-state index is -0.369. The van der Waals surface area contributed by atoms with Crippen molar-refractivity contribution in [2.75, 3.05) is 7.11 Å². The van der Waals surface area contributed by atoms with E-state index in [1.807, 2.05) is 0 Å². The van der Waals surface area contributed by atoms with E-state index in [-0.39, 0.29) is 17.1 Å². The van der Waals surface area contributed by atoms with Gasteiger partial charge in [0.15, 0.2) is 0 Å². The van der Waals surface area contributed by atoms with Gasteiger partial charge in [-0.1, -0.05) is 12.7 Å². The van der Waals surface area contributed by atoms with Gasteiger partial charge in [0.1, 0.15) is 0 Å². The predicted octanol–water partition coefficient (Wildman–Crippen LogP) is 1.58. The first-order valence-electron chi connectivity index (χ1n) is 3.18. The number of hydrogen-bond donors (Lipinski definition) is 0. The topological polar surface area (TPSA) is 43.4 Å². The lowest BCUT2D eigenvalue weighted by molar-refractivity contribution is -0.139. The molecule has 3 nitrogen and oxygen atoms in total. The predicted molar refractivity (Wildman–Crippen MR) is 48.8 cm³/mol. The molecule has 0 heterocycles. The maximum Gasteiger partial charge on any atom is 0.309 e. The van der Waals surface area contributed by atoms with Crippen LogP contribution >= 0.6 is 15.9 Å². The van der Waals surface area contributed by atoms with Crippen molar-refractivity contribution in [3.8, 4) is 0 Å². The van der Waals surface area contributed by atoms with Gasteiger partial charge in [0.2, 0.25) is 4.69 Å². The summed E-state index contributed by atoms with van der Waals surface area (Å²) >= 11 is 2.70. The van der Waals surface area contributed by atoms with Crippen LogP contribution in [0.1, 0.15) is 6.42 Å². The molecule has 0 spiro atoms. The highest BCUT2D eigenvalue weighted by atomic mass is 79.9. The fourth-order valence-electron chi connectivity index (χ4n) is 0.500. The van der Waals surface area contributed by atoms with Gasteiger partial charge in [0, 0.05) is 0 Å². The Morgan fingerprint density at radius 2 is 2.08 bits per heavy atom. The fourth-order valence-corrected chi connectivity index (χ4v) is 0.632. The molecule has 66 valence electrons. The second kappa shape index (κ2) is 5.71. The van der Waals surface area contributed by atoms with Gasteiger partial charge in [-0.05, 0) is 27.6 Å². The van der Waals surface area contributed by atoms with Crippen LogP contribution in [0.3, 0.4) is 0 Å². The van der Waals surface area contributed by atoms with Crippen LogP contribution in [0.4, 0.5) is 0 Å². The van der Waals surface area contributed by atoms with Crippen LogP contribution in [-0.4, -0.2) is 17.8 Å². The molecule has 0 aromatic rings. The number of methoxy groups -OCH3 is 1. The lowest BCUT2D eigenvalue weighted by Gasteiger charge is -1.96. The third-order valence-corrected chi connectivity index (χ3v) is 1.31. The summed E-state index contributed by atoms with van der Waals surface area (Å²) in [6, 6.07) is 0. The average molecular weight is 233 g/mol. The summed E-state index contributed by atoms with van der Waals surface area (Å²) in [5.74, 6) is -0.369. The van der Waals surface area contributed by atoms with Gasteiger partial charge in [-0.25, -0.2) is 0 Å². The molecule has 0 aliphatic rings. The Hall–Kier alpha value is -0.900. The van der Waals surface area contributed by atoms with Crippen molar-refractivity contribution in [2.45, 2.75) is 6.42 Å². The molecule has 0 aromatic heterocycles. The molecule has 0 rings (SSSR count). The quantitative estimate of drug-likeness (QED) is 0.320. The number of rotatable bonds is 4. The average Bonchev–Trinajstić information content (AvgIpc) is 2.00. The highest BCUT2D eigenvalue weighted by Gasteiger charge is 2.00. The summed E-state index contributed by atoms with van der Waals surface area (Å²) < 4.78 is 4.14. The fraction of sp³-hybridized carbons (Fsp3) is 0.250. The third-order valence-electron chi connectivity index (χ3n) is 1.05. The molecule has 0 fully saturated rings. The Balaban J connectivity index is 3.90. The Morgan fingerprint density at radius 1 is 1.50 bits per heavy atom. The summed E-state index contributed by atoms with van der Waals surface area (Å²) in [5, 5.41) is 0. The highest BCUT2D eigenvalue weighted by Crippen LogP contribution is 2.02. The van der Waals surface area contributed by atoms with Crippen LogP contribution in [0.15, 0.2) is 24.3 Å². The van der Waals surface area contributed by atoms with E-state index in [0.717, 1.165) is 0 Å². The normalized spacial score (nSPS) is 9.83. The Labute approximate surface area is 79.2 Å². The maximum absolute atomic E-state index is 10.7. The molecular weight excluding hydrogens is 224 g/mol. The number of carbonyl (C=O) groups is 2. The summed E-state index contributed by atoms with van der Waals surface area (Å²) in [6.45, 7) is 3.55. The number of ether oxygens (including phenoxy) is 1. The molecule has 0 bridgehead atoms. The number of hydrogen-bond acceptors (Lipinski definition) is 3. The van der Waals surface area contributed by atoms with Gasteiger partial charge >= 0.3 is 5.97 Å². The highest BCUT2D eigenvalue weighted by molar-refractivity contribution is 9.18. The lowest BCUT2D eigenvalue weighted by atomic mass is 10.2. The SMILES string of the molecule is C=C(/C=C\C(=O)Br)CC(=O)OC. The Bertz CT molecular complexity index is 230. The summed E-state index contributed by atoms with van der Waals surface area (Å²) in [6.07, 6.45) is 2.85. The van der Waals surface area contributed by atoms with E-state index in [1.165, 1.54) is 19.3 Å². The molecule has 12 heavy (non-hydrogen) atoms. The van der Waals surface area contributed by atoms with Gasteiger partial charge in [-0.15, -0.1) is 0 Å². The third kappa shape index (κ3) is 5.85. The smallest absolute Gasteiger partial charge is 0.309 e.